The third-order valence-corrected chi connectivity index (χ3v) is 4.99. The molecule has 2 amide bonds. The maximum Gasteiger partial charge on any atom is 0.317 e. The fraction of sp³-hybridized carbons (Fsp3) is 0.667. The molecular formula is C21H35N3O3. The van der Waals surface area contributed by atoms with Gasteiger partial charge in [-0.15, -0.1) is 0 Å². The number of rotatable bonds is 6. The smallest absolute Gasteiger partial charge is 0.317 e. The Hall–Kier alpha value is -1.95. The van der Waals surface area contributed by atoms with E-state index in [0.29, 0.717) is 6.04 Å². The van der Waals surface area contributed by atoms with Crippen LogP contribution in [0.2, 0.25) is 0 Å². The molecule has 1 aromatic carbocycles. The van der Waals surface area contributed by atoms with Crippen molar-refractivity contribution in [3.05, 3.63) is 23.8 Å². The average Bonchev–Trinajstić information content (AvgIpc) is 2.64. The molecule has 6 heteroatoms. The van der Waals surface area contributed by atoms with Crippen molar-refractivity contribution in [1.29, 1.82) is 0 Å². The first kappa shape index (κ1) is 21.4. The maximum absolute atomic E-state index is 12.5. The highest BCUT2D eigenvalue weighted by Gasteiger charge is 2.27. The van der Waals surface area contributed by atoms with E-state index >= 15 is 0 Å². The molecule has 2 rings (SSSR count). The fourth-order valence-corrected chi connectivity index (χ4v) is 3.42. The second kappa shape index (κ2) is 9.31. The Bertz CT molecular complexity index is 628. The van der Waals surface area contributed by atoms with E-state index in [1.165, 1.54) is 5.56 Å². The molecule has 0 spiro atoms. The standard InChI is InChI=1S/C21H35N3O3/c1-21(2,3)22-20(25)24-12-7-8-17(15-24)23(4)13-11-16-9-10-18(26-5)19(14-16)27-6/h9-10,14,17H,7-8,11-13,15H2,1-6H3,(H,22,25)/t17-/m1/s1. The van der Waals surface area contributed by atoms with Gasteiger partial charge in [-0.25, -0.2) is 4.79 Å². The molecule has 1 aliphatic rings. The predicted octanol–water partition coefficient (Wildman–Crippen LogP) is 3.15. The zero-order valence-corrected chi connectivity index (χ0v) is 17.7. The summed E-state index contributed by atoms with van der Waals surface area (Å²) in [5.41, 5.74) is 1.02. The third kappa shape index (κ3) is 6.31. The summed E-state index contributed by atoms with van der Waals surface area (Å²) in [5, 5.41) is 3.07. The number of likely N-dealkylation sites (tertiary alicyclic amines) is 1. The Morgan fingerprint density at radius 2 is 1.96 bits per heavy atom. The molecule has 27 heavy (non-hydrogen) atoms. The number of methoxy groups -OCH3 is 2. The summed E-state index contributed by atoms with van der Waals surface area (Å²) in [7, 11) is 5.46. The zero-order valence-electron chi connectivity index (χ0n) is 17.7. The van der Waals surface area contributed by atoms with Gasteiger partial charge in [0, 0.05) is 31.2 Å². The molecule has 1 N–H and O–H groups in total. The molecule has 1 aliphatic heterocycles. The summed E-state index contributed by atoms with van der Waals surface area (Å²) in [6.45, 7) is 8.60. The van der Waals surface area contributed by atoms with E-state index in [2.05, 4.69) is 23.3 Å². The SMILES string of the molecule is COc1ccc(CCN(C)[C@@H]2CCCN(C(=O)NC(C)(C)C)C2)cc1OC. The Morgan fingerprint density at radius 1 is 1.26 bits per heavy atom. The number of benzene rings is 1. The lowest BCUT2D eigenvalue weighted by Crippen LogP contribution is -2.54. The molecule has 0 aromatic heterocycles. The van der Waals surface area contributed by atoms with Crippen molar-refractivity contribution >= 4 is 6.03 Å². The topological polar surface area (TPSA) is 54.0 Å². The van der Waals surface area contributed by atoms with Crippen molar-refractivity contribution in [1.82, 2.24) is 15.1 Å². The van der Waals surface area contributed by atoms with Crippen molar-refractivity contribution < 1.29 is 14.3 Å². The van der Waals surface area contributed by atoms with Gasteiger partial charge in [0.15, 0.2) is 11.5 Å². The summed E-state index contributed by atoms with van der Waals surface area (Å²) in [5.74, 6) is 1.52. The van der Waals surface area contributed by atoms with E-state index in [1.807, 2.05) is 37.8 Å². The number of amides is 2. The summed E-state index contributed by atoms with van der Waals surface area (Å²) < 4.78 is 10.7. The van der Waals surface area contributed by atoms with Gasteiger partial charge in [-0.1, -0.05) is 6.07 Å². The molecule has 6 nitrogen and oxygen atoms in total. The van der Waals surface area contributed by atoms with E-state index < -0.39 is 0 Å². The fourth-order valence-electron chi connectivity index (χ4n) is 3.42. The highest BCUT2D eigenvalue weighted by Crippen LogP contribution is 2.28. The number of ether oxygens (including phenoxy) is 2. The van der Waals surface area contributed by atoms with Crippen molar-refractivity contribution in [3.63, 3.8) is 0 Å². The van der Waals surface area contributed by atoms with Crippen LogP contribution in [0.25, 0.3) is 0 Å². The van der Waals surface area contributed by atoms with Crippen LogP contribution in [0.15, 0.2) is 18.2 Å². The number of nitrogens with zero attached hydrogens (tertiary/aromatic N) is 2. The van der Waals surface area contributed by atoms with Crippen molar-refractivity contribution in [3.8, 4) is 11.5 Å². The predicted molar refractivity (Wildman–Crippen MR) is 109 cm³/mol. The van der Waals surface area contributed by atoms with Crippen molar-refractivity contribution in [2.45, 2.75) is 51.6 Å². The molecule has 0 saturated carbocycles. The number of carbonyl (C=O) groups is 1. The Labute approximate surface area is 163 Å². The summed E-state index contributed by atoms with van der Waals surface area (Å²) in [4.78, 5) is 16.8. The number of urea groups is 1. The van der Waals surface area contributed by atoms with Crippen molar-refractivity contribution in [2.75, 3.05) is 40.9 Å². The van der Waals surface area contributed by atoms with Crippen LogP contribution in [0, 0.1) is 0 Å². The van der Waals surface area contributed by atoms with Crippen LogP contribution < -0.4 is 14.8 Å². The molecule has 0 bridgehead atoms. The first-order valence-corrected chi connectivity index (χ1v) is 9.71. The van der Waals surface area contributed by atoms with Gasteiger partial charge in [-0.05, 0) is 64.8 Å². The summed E-state index contributed by atoms with van der Waals surface area (Å²) in [6.07, 6.45) is 3.10. The number of piperidine rings is 1. The van der Waals surface area contributed by atoms with Crippen LogP contribution in [-0.2, 0) is 6.42 Å². The van der Waals surface area contributed by atoms with Gasteiger partial charge in [0.25, 0.3) is 0 Å². The summed E-state index contributed by atoms with van der Waals surface area (Å²) in [6, 6.07) is 6.51. The second-order valence-electron chi connectivity index (χ2n) is 8.34. The number of nitrogens with one attached hydrogen (secondary N) is 1. The number of hydrogen-bond acceptors (Lipinski definition) is 4. The third-order valence-electron chi connectivity index (χ3n) is 4.99. The quantitative estimate of drug-likeness (QED) is 0.827. The Kier molecular flexibility index (Phi) is 7.36. The van der Waals surface area contributed by atoms with Gasteiger partial charge < -0.3 is 24.6 Å². The number of carbonyl (C=O) groups excluding carboxylic acids is 1. The minimum absolute atomic E-state index is 0.0421. The lowest BCUT2D eigenvalue weighted by Gasteiger charge is -2.38. The van der Waals surface area contributed by atoms with Gasteiger partial charge >= 0.3 is 6.03 Å². The maximum atomic E-state index is 12.5. The van der Waals surface area contributed by atoms with Gasteiger partial charge in [0.1, 0.15) is 0 Å². The molecular weight excluding hydrogens is 342 g/mol. The normalized spacial score (nSPS) is 17.7. The lowest BCUT2D eigenvalue weighted by molar-refractivity contribution is 0.123. The molecule has 0 aliphatic carbocycles. The first-order chi connectivity index (χ1) is 12.7. The minimum Gasteiger partial charge on any atom is -0.493 e. The first-order valence-electron chi connectivity index (χ1n) is 9.71. The van der Waals surface area contributed by atoms with Crippen LogP contribution >= 0.6 is 0 Å². The molecule has 0 unspecified atom stereocenters. The number of hydrogen-bond donors (Lipinski definition) is 1. The summed E-state index contributed by atoms with van der Waals surface area (Å²) >= 11 is 0. The van der Waals surface area contributed by atoms with Crippen molar-refractivity contribution in [2.24, 2.45) is 0 Å². The highest BCUT2D eigenvalue weighted by atomic mass is 16.5. The largest absolute Gasteiger partial charge is 0.493 e. The number of likely N-dealkylation sites (N-methyl/N-ethyl adjacent to an activating group) is 1. The van der Waals surface area contributed by atoms with E-state index in [0.717, 1.165) is 50.4 Å². The van der Waals surface area contributed by atoms with E-state index in [-0.39, 0.29) is 11.6 Å². The monoisotopic (exact) mass is 377 g/mol. The Morgan fingerprint density at radius 3 is 2.59 bits per heavy atom. The molecule has 1 saturated heterocycles. The van der Waals surface area contributed by atoms with Gasteiger partial charge in [0.05, 0.1) is 14.2 Å². The molecule has 0 radical (unpaired) electrons. The highest BCUT2D eigenvalue weighted by molar-refractivity contribution is 5.75. The van der Waals surface area contributed by atoms with E-state index in [9.17, 15) is 4.79 Å². The van der Waals surface area contributed by atoms with Gasteiger partial charge in [-0.3, -0.25) is 0 Å². The minimum atomic E-state index is -0.205. The Balaban J connectivity index is 1.90. The molecule has 1 aromatic rings. The van der Waals surface area contributed by atoms with Crippen LogP contribution in [0.3, 0.4) is 0 Å². The van der Waals surface area contributed by atoms with Gasteiger partial charge in [-0.2, -0.15) is 0 Å². The lowest BCUT2D eigenvalue weighted by atomic mass is 10.0. The molecule has 1 atom stereocenters. The van der Waals surface area contributed by atoms with E-state index in [4.69, 9.17) is 9.47 Å². The van der Waals surface area contributed by atoms with Crippen LogP contribution in [-0.4, -0.2) is 68.3 Å². The van der Waals surface area contributed by atoms with Crippen LogP contribution in [0.4, 0.5) is 4.79 Å². The molecule has 1 fully saturated rings. The van der Waals surface area contributed by atoms with Gasteiger partial charge in [0.2, 0.25) is 0 Å². The average molecular weight is 378 g/mol. The molecule has 1 heterocycles. The second-order valence-corrected chi connectivity index (χ2v) is 8.34. The zero-order chi connectivity index (χ0) is 20.0. The van der Waals surface area contributed by atoms with E-state index in [1.54, 1.807) is 14.2 Å². The van der Waals surface area contributed by atoms with Crippen LogP contribution in [0.1, 0.15) is 39.2 Å². The molecule has 152 valence electrons. The van der Waals surface area contributed by atoms with Crippen LogP contribution in [0.5, 0.6) is 11.5 Å².